The van der Waals surface area contributed by atoms with E-state index in [1.165, 1.54) is 5.56 Å². The first-order valence-corrected chi connectivity index (χ1v) is 9.63. The molecule has 0 spiro atoms. The molecule has 0 saturated carbocycles. The number of rotatable bonds is 6. The Balaban J connectivity index is 1.71. The average Bonchev–Trinajstić information content (AvgIpc) is 2.78. The molecule has 3 aromatic rings. The molecule has 0 radical (unpaired) electrons. The first kappa shape index (κ1) is 18.9. The summed E-state index contributed by atoms with van der Waals surface area (Å²) in [6, 6.07) is 23.5. The zero-order chi connectivity index (χ0) is 20.2. The molecule has 1 aliphatic rings. The Hall–Kier alpha value is -3.47. The van der Waals surface area contributed by atoms with Crippen molar-refractivity contribution in [3.8, 4) is 11.5 Å². The van der Waals surface area contributed by atoms with Crippen molar-refractivity contribution in [2.75, 3.05) is 26.1 Å². The van der Waals surface area contributed by atoms with Crippen molar-refractivity contribution in [3.05, 3.63) is 89.5 Å². The summed E-state index contributed by atoms with van der Waals surface area (Å²) in [7, 11) is 3.25. The molecule has 0 saturated heterocycles. The molecule has 148 valence electrons. The second kappa shape index (κ2) is 8.27. The van der Waals surface area contributed by atoms with Crippen molar-refractivity contribution in [2.45, 2.75) is 12.6 Å². The molecule has 0 bridgehead atoms. The Bertz CT molecular complexity index is 982. The molecule has 0 aromatic heterocycles. The Morgan fingerprint density at radius 3 is 2.24 bits per heavy atom. The van der Waals surface area contributed by atoms with Crippen molar-refractivity contribution in [1.82, 2.24) is 4.90 Å². The van der Waals surface area contributed by atoms with E-state index >= 15 is 0 Å². The fourth-order valence-electron chi connectivity index (χ4n) is 3.67. The Morgan fingerprint density at radius 1 is 0.897 bits per heavy atom. The average molecular weight is 388 g/mol. The SMILES string of the molecule is COc1cc(OC)cc(C2Nc3ccccc3C(=O)N2CCc2ccccc2)c1. The molecular weight excluding hydrogens is 364 g/mol. The fraction of sp³-hybridized carbons (Fsp3) is 0.208. The first-order valence-electron chi connectivity index (χ1n) is 9.63. The molecule has 0 fully saturated rings. The van der Waals surface area contributed by atoms with Crippen molar-refractivity contribution >= 4 is 11.6 Å². The van der Waals surface area contributed by atoms with Crippen LogP contribution in [-0.2, 0) is 6.42 Å². The Morgan fingerprint density at radius 2 is 1.55 bits per heavy atom. The lowest BCUT2D eigenvalue weighted by Crippen LogP contribution is -2.44. The van der Waals surface area contributed by atoms with E-state index in [1.807, 2.05) is 65.6 Å². The Kier molecular flexibility index (Phi) is 5.38. The van der Waals surface area contributed by atoms with Crippen LogP contribution in [0.3, 0.4) is 0 Å². The summed E-state index contributed by atoms with van der Waals surface area (Å²) >= 11 is 0. The van der Waals surface area contributed by atoms with Crippen LogP contribution in [-0.4, -0.2) is 31.6 Å². The van der Waals surface area contributed by atoms with E-state index in [4.69, 9.17) is 9.47 Å². The van der Waals surface area contributed by atoms with E-state index < -0.39 is 0 Å². The number of benzene rings is 3. The topological polar surface area (TPSA) is 50.8 Å². The molecule has 1 amide bonds. The van der Waals surface area contributed by atoms with Crippen molar-refractivity contribution in [3.63, 3.8) is 0 Å². The van der Waals surface area contributed by atoms with Gasteiger partial charge in [-0.05, 0) is 36.2 Å². The third-order valence-corrected chi connectivity index (χ3v) is 5.20. The van der Waals surface area contributed by atoms with Gasteiger partial charge in [0.1, 0.15) is 17.7 Å². The summed E-state index contributed by atoms with van der Waals surface area (Å²) in [5.74, 6) is 1.40. The molecule has 29 heavy (non-hydrogen) atoms. The van der Waals surface area contributed by atoms with Gasteiger partial charge in [-0.3, -0.25) is 4.79 Å². The largest absolute Gasteiger partial charge is 0.497 e. The van der Waals surface area contributed by atoms with Crippen LogP contribution in [0, 0.1) is 0 Å². The van der Waals surface area contributed by atoms with Crippen molar-refractivity contribution < 1.29 is 14.3 Å². The van der Waals surface area contributed by atoms with Crippen LogP contribution in [0.2, 0.25) is 0 Å². The molecule has 1 heterocycles. The summed E-state index contributed by atoms with van der Waals surface area (Å²) < 4.78 is 10.9. The molecule has 1 atom stereocenters. The number of ether oxygens (including phenoxy) is 2. The predicted octanol–water partition coefficient (Wildman–Crippen LogP) is 4.51. The minimum atomic E-state index is -0.315. The maximum Gasteiger partial charge on any atom is 0.257 e. The Labute approximate surface area is 170 Å². The maximum atomic E-state index is 13.4. The van der Waals surface area contributed by atoms with Gasteiger partial charge in [0.2, 0.25) is 0 Å². The van der Waals surface area contributed by atoms with E-state index in [0.717, 1.165) is 17.7 Å². The van der Waals surface area contributed by atoms with Gasteiger partial charge in [0.15, 0.2) is 0 Å². The normalized spacial score (nSPS) is 15.4. The van der Waals surface area contributed by atoms with Crippen LogP contribution >= 0.6 is 0 Å². The smallest absolute Gasteiger partial charge is 0.257 e. The molecule has 0 aliphatic carbocycles. The van der Waals surface area contributed by atoms with Crippen LogP contribution in [0.4, 0.5) is 5.69 Å². The van der Waals surface area contributed by atoms with Gasteiger partial charge in [-0.1, -0.05) is 42.5 Å². The molecule has 3 aromatic carbocycles. The van der Waals surface area contributed by atoms with E-state index in [1.54, 1.807) is 14.2 Å². The molecular formula is C24H24N2O3. The second-order valence-corrected chi connectivity index (χ2v) is 6.97. The molecule has 1 aliphatic heterocycles. The van der Waals surface area contributed by atoms with Crippen LogP contribution < -0.4 is 14.8 Å². The highest BCUT2D eigenvalue weighted by Gasteiger charge is 2.33. The number of hydrogen-bond donors (Lipinski definition) is 1. The van der Waals surface area contributed by atoms with Gasteiger partial charge in [0, 0.05) is 23.9 Å². The van der Waals surface area contributed by atoms with Crippen LogP contribution in [0.5, 0.6) is 11.5 Å². The molecule has 5 heteroatoms. The number of methoxy groups -OCH3 is 2. The lowest BCUT2D eigenvalue weighted by Gasteiger charge is -2.38. The number of hydrogen-bond acceptors (Lipinski definition) is 4. The van der Waals surface area contributed by atoms with Crippen LogP contribution in [0.25, 0.3) is 0 Å². The minimum Gasteiger partial charge on any atom is -0.497 e. The standard InChI is InChI=1S/C24H24N2O3/c1-28-19-14-18(15-20(16-19)29-2)23-25-22-11-7-6-10-21(22)24(27)26(23)13-12-17-8-4-3-5-9-17/h3-11,14-16,23,25H,12-13H2,1-2H3. The monoisotopic (exact) mass is 388 g/mol. The van der Waals surface area contributed by atoms with E-state index in [0.29, 0.717) is 23.6 Å². The third-order valence-electron chi connectivity index (χ3n) is 5.20. The van der Waals surface area contributed by atoms with Gasteiger partial charge in [-0.2, -0.15) is 0 Å². The zero-order valence-electron chi connectivity index (χ0n) is 16.6. The maximum absolute atomic E-state index is 13.4. The highest BCUT2D eigenvalue weighted by molar-refractivity contribution is 6.01. The number of amides is 1. The zero-order valence-corrected chi connectivity index (χ0v) is 16.6. The quantitative estimate of drug-likeness (QED) is 0.675. The molecule has 1 N–H and O–H groups in total. The number of carbonyl (C=O) groups is 1. The van der Waals surface area contributed by atoms with Gasteiger partial charge >= 0.3 is 0 Å². The van der Waals surface area contributed by atoms with Gasteiger partial charge in [0.05, 0.1) is 19.8 Å². The summed E-state index contributed by atoms with van der Waals surface area (Å²) in [4.78, 5) is 15.2. The second-order valence-electron chi connectivity index (χ2n) is 6.97. The van der Waals surface area contributed by atoms with Gasteiger partial charge in [-0.15, -0.1) is 0 Å². The number of para-hydroxylation sites is 1. The van der Waals surface area contributed by atoms with Crippen LogP contribution in [0.1, 0.15) is 27.7 Å². The lowest BCUT2D eigenvalue weighted by atomic mass is 10.0. The van der Waals surface area contributed by atoms with E-state index in [-0.39, 0.29) is 12.1 Å². The molecule has 1 unspecified atom stereocenters. The number of carbonyl (C=O) groups excluding carboxylic acids is 1. The van der Waals surface area contributed by atoms with Gasteiger partial charge in [-0.25, -0.2) is 0 Å². The first-order chi connectivity index (χ1) is 14.2. The highest BCUT2D eigenvalue weighted by Crippen LogP contribution is 2.36. The predicted molar refractivity (Wildman–Crippen MR) is 114 cm³/mol. The highest BCUT2D eigenvalue weighted by atomic mass is 16.5. The van der Waals surface area contributed by atoms with Crippen molar-refractivity contribution in [2.24, 2.45) is 0 Å². The van der Waals surface area contributed by atoms with Gasteiger partial charge in [0.25, 0.3) is 5.91 Å². The molecule has 5 nitrogen and oxygen atoms in total. The number of nitrogens with zero attached hydrogens (tertiary/aromatic N) is 1. The summed E-state index contributed by atoms with van der Waals surface area (Å²) in [6.45, 7) is 0.592. The summed E-state index contributed by atoms with van der Waals surface area (Å²) in [5, 5.41) is 3.53. The van der Waals surface area contributed by atoms with Crippen LogP contribution in [0.15, 0.2) is 72.8 Å². The minimum absolute atomic E-state index is 0.0158. The summed E-state index contributed by atoms with van der Waals surface area (Å²) in [6.07, 6.45) is 0.457. The lowest BCUT2D eigenvalue weighted by molar-refractivity contribution is 0.0685. The van der Waals surface area contributed by atoms with E-state index in [9.17, 15) is 4.79 Å². The number of fused-ring (bicyclic) bond motifs is 1. The van der Waals surface area contributed by atoms with E-state index in [2.05, 4.69) is 17.4 Å². The number of anilines is 1. The van der Waals surface area contributed by atoms with Gasteiger partial charge < -0.3 is 19.7 Å². The number of nitrogens with one attached hydrogen (secondary N) is 1. The van der Waals surface area contributed by atoms with Crippen molar-refractivity contribution in [1.29, 1.82) is 0 Å². The molecule has 4 rings (SSSR count). The third kappa shape index (κ3) is 3.90. The fourth-order valence-corrected chi connectivity index (χ4v) is 3.67. The summed E-state index contributed by atoms with van der Waals surface area (Å²) in [5.41, 5.74) is 3.63.